The first-order chi connectivity index (χ1) is 10.2. The first-order valence-electron chi connectivity index (χ1n) is 7.18. The summed E-state index contributed by atoms with van der Waals surface area (Å²) in [5.74, 6) is 1.79. The maximum atomic E-state index is 5.99. The molecule has 0 radical (unpaired) electrons. The van der Waals surface area contributed by atoms with Gasteiger partial charge in [-0.15, -0.1) is 5.10 Å². The number of hydrogen-bond donors (Lipinski definition) is 0. The van der Waals surface area contributed by atoms with E-state index in [1.807, 2.05) is 43.3 Å². The maximum absolute atomic E-state index is 5.99. The minimum Gasteiger partial charge on any atom is -0.490 e. The predicted molar refractivity (Wildman–Crippen MR) is 84.1 cm³/mol. The topological polar surface area (TPSA) is 38.2 Å². The zero-order chi connectivity index (χ0) is 14.7. The van der Waals surface area contributed by atoms with Gasteiger partial charge in [0, 0.05) is 31.0 Å². The summed E-state index contributed by atoms with van der Waals surface area (Å²) in [6, 6.07) is 11.6. The molecule has 0 atom stereocenters. The number of anilines is 1. The Morgan fingerprint density at radius 1 is 1.14 bits per heavy atom. The third kappa shape index (κ3) is 3.64. The van der Waals surface area contributed by atoms with Crippen molar-refractivity contribution in [3.05, 3.63) is 47.1 Å². The summed E-state index contributed by atoms with van der Waals surface area (Å²) < 4.78 is 5.99. The fraction of sp³-hybridized carbons (Fsp3) is 0.375. The summed E-state index contributed by atoms with van der Waals surface area (Å²) in [6.07, 6.45) is 2.18. The summed E-state index contributed by atoms with van der Waals surface area (Å²) in [4.78, 5) is 2.25. The predicted octanol–water partition coefficient (Wildman–Crippen LogP) is 3.49. The fourth-order valence-corrected chi connectivity index (χ4v) is 2.68. The van der Waals surface area contributed by atoms with Gasteiger partial charge >= 0.3 is 0 Å². The normalized spacial score (nSPS) is 16.0. The summed E-state index contributed by atoms with van der Waals surface area (Å²) in [6.45, 7) is 3.81. The molecule has 0 unspecified atom stereocenters. The number of halogens is 1. The Morgan fingerprint density at radius 3 is 2.62 bits per heavy atom. The second-order valence-corrected chi connectivity index (χ2v) is 5.73. The van der Waals surface area contributed by atoms with Crippen LogP contribution in [0.25, 0.3) is 0 Å². The van der Waals surface area contributed by atoms with Crippen molar-refractivity contribution in [3.63, 3.8) is 0 Å². The average Bonchev–Trinajstić information content (AvgIpc) is 2.49. The molecule has 2 aromatic rings. The highest BCUT2D eigenvalue weighted by atomic mass is 35.5. The molecule has 0 N–H and O–H groups in total. The molecule has 3 rings (SSSR count). The summed E-state index contributed by atoms with van der Waals surface area (Å²) in [7, 11) is 0. The molecule has 1 aromatic carbocycles. The van der Waals surface area contributed by atoms with E-state index in [-0.39, 0.29) is 6.10 Å². The van der Waals surface area contributed by atoms with Crippen molar-refractivity contribution in [1.82, 2.24) is 10.2 Å². The number of rotatable bonds is 3. The van der Waals surface area contributed by atoms with Crippen LogP contribution in [0, 0.1) is 6.92 Å². The zero-order valence-corrected chi connectivity index (χ0v) is 12.8. The molecular formula is C16H18ClN3O. The van der Waals surface area contributed by atoms with Crippen LogP contribution in [0.5, 0.6) is 5.75 Å². The SMILES string of the molecule is Cc1ccc(N2CCC(Oc3cccc(Cl)c3)CC2)nn1. The van der Waals surface area contributed by atoms with Crippen molar-refractivity contribution in [2.75, 3.05) is 18.0 Å². The smallest absolute Gasteiger partial charge is 0.151 e. The van der Waals surface area contributed by atoms with E-state index >= 15 is 0 Å². The lowest BCUT2D eigenvalue weighted by molar-refractivity contribution is 0.170. The van der Waals surface area contributed by atoms with Crippen LogP contribution in [0.15, 0.2) is 36.4 Å². The quantitative estimate of drug-likeness (QED) is 0.870. The largest absolute Gasteiger partial charge is 0.490 e. The van der Waals surface area contributed by atoms with Gasteiger partial charge in [-0.3, -0.25) is 0 Å². The highest BCUT2D eigenvalue weighted by molar-refractivity contribution is 6.30. The van der Waals surface area contributed by atoms with Crippen molar-refractivity contribution in [2.45, 2.75) is 25.9 Å². The molecule has 1 aliphatic heterocycles. The lowest BCUT2D eigenvalue weighted by atomic mass is 10.1. The third-order valence-electron chi connectivity index (χ3n) is 3.65. The second-order valence-electron chi connectivity index (χ2n) is 5.29. The molecule has 21 heavy (non-hydrogen) atoms. The van der Waals surface area contributed by atoms with Crippen LogP contribution in [0.2, 0.25) is 5.02 Å². The maximum Gasteiger partial charge on any atom is 0.151 e. The standard InChI is InChI=1S/C16H18ClN3O/c1-12-5-6-16(19-18-12)20-9-7-14(8-10-20)21-15-4-2-3-13(17)11-15/h2-6,11,14H,7-10H2,1H3. The number of nitrogens with zero attached hydrogens (tertiary/aromatic N) is 3. The summed E-state index contributed by atoms with van der Waals surface area (Å²) in [5, 5.41) is 9.06. The van der Waals surface area contributed by atoms with Gasteiger partial charge < -0.3 is 9.64 Å². The number of ether oxygens (including phenoxy) is 1. The van der Waals surface area contributed by atoms with E-state index in [4.69, 9.17) is 16.3 Å². The fourth-order valence-electron chi connectivity index (χ4n) is 2.50. The van der Waals surface area contributed by atoms with Gasteiger partial charge in [-0.25, -0.2) is 0 Å². The Kier molecular flexibility index (Phi) is 4.25. The van der Waals surface area contributed by atoms with Crippen LogP contribution in [0.4, 0.5) is 5.82 Å². The molecule has 2 heterocycles. The Morgan fingerprint density at radius 2 is 1.95 bits per heavy atom. The molecule has 0 amide bonds. The lowest BCUT2D eigenvalue weighted by Gasteiger charge is -2.32. The highest BCUT2D eigenvalue weighted by Gasteiger charge is 2.21. The minimum atomic E-state index is 0.234. The van der Waals surface area contributed by atoms with Crippen molar-refractivity contribution in [3.8, 4) is 5.75 Å². The molecular weight excluding hydrogens is 286 g/mol. The van der Waals surface area contributed by atoms with Crippen molar-refractivity contribution in [1.29, 1.82) is 0 Å². The highest BCUT2D eigenvalue weighted by Crippen LogP contribution is 2.23. The molecule has 5 heteroatoms. The van der Waals surface area contributed by atoms with E-state index in [2.05, 4.69) is 15.1 Å². The van der Waals surface area contributed by atoms with Gasteiger partial charge in [0.15, 0.2) is 5.82 Å². The molecule has 4 nitrogen and oxygen atoms in total. The Hall–Kier alpha value is -1.81. The van der Waals surface area contributed by atoms with Crippen LogP contribution < -0.4 is 9.64 Å². The van der Waals surface area contributed by atoms with Crippen molar-refractivity contribution >= 4 is 17.4 Å². The van der Waals surface area contributed by atoms with Crippen LogP contribution in [-0.4, -0.2) is 29.4 Å². The van der Waals surface area contributed by atoms with E-state index in [0.29, 0.717) is 5.02 Å². The number of hydrogen-bond acceptors (Lipinski definition) is 4. The van der Waals surface area contributed by atoms with Gasteiger partial charge in [0.1, 0.15) is 11.9 Å². The number of piperidine rings is 1. The van der Waals surface area contributed by atoms with Crippen LogP contribution >= 0.6 is 11.6 Å². The van der Waals surface area contributed by atoms with Crippen LogP contribution in [0.3, 0.4) is 0 Å². The third-order valence-corrected chi connectivity index (χ3v) is 3.88. The van der Waals surface area contributed by atoms with Crippen LogP contribution in [-0.2, 0) is 0 Å². The van der Waals surface area contributed by atoms with Gasteiger partial charge in [0.05, 0.1) is 5.69 Å². The molecule has 1 fully saturated rings. The van der Waals surface area contributed by atoms with Crippen molar-refractivity contribution < 1.29 is 4.74 Å². The monoisotopic (exact) mass is 303 g/mol. The van der Waals surface area contributed by atoms with Gasteiger partial charge in [-0.05, 0) is 37.3 Å². The van der Waals surface area contributed by atoms with Gasteiger partial charge in [-0.1, -0.05) is 17.7 Å². The number of aromatic nitrogens is 2. The molecule has 1 aromatic heterocycles. The second kappa shape index (κ2) is 6.31. The molecule has 0 spiro atoms. The Bertz CT molecular complexity index is 595. The van der Waals surface area contributed by atoms with Gasteiger partial charge in [0.2, 0.25) is 0 Å². The van der Waals surface area contributed by atoms with Gasteiger partial charge in [-0.2, -0.15) is 5.10 Å². The molecule has 0 bridgehead atoms. The van der Waals surface area contributed by atoms with E-state index in [1.54, 1.807) is 0 Å². The van der Waals surface area contributed by atoms with E-state index in [9.17, 15) is 0 Å². The first-order valence-corrected chi connectivity index (χ1v) is 7.56. The zero-order valence-electron chi connectivity index (χ0n) is 12.0. The van der Waals surface area contributed by atoms with E-state index < -0.39 is 0 Å². The lowest BCUT2D eigenvalue weighted by Crippen LogP contribution is -2.38. The Labute approximate surface area is 129 Å². The van der Waals surface area contributed by atoms with Crippen molar-refractivity contribution in [2.24, 2.45) is 0 Å². The summed E-state index contributed by atoms with van der Waals surface area (Å²) >= 11 is 5.98. The molecule has 110 valence electrons. The Balaban J connectivity index is 1.56. The molecule has 1 aliphatic rings. The number of aryl methyl sites for hydroxylation is 1. The van der Waals surface area contributed by atoms with E-state index in [0.717, 1.165) is 43.2 Å². The summed E-state index contributed by atoms with van der Waals surface area (Å²) in [5.41, 5.74) is 0.943. The first kappa shape index (κ1) is 14.1. The molecule has 1 saturated heterocycles. The van der Waals surface area contributed by atoms with Gasteiger partial charge in [0.25, 0.3) is 0 Å². The number of benzene rings is 1. The average molecular weight is 304 g/mol. The van der Waals surface area contributed by atoms with Crippen LogP contribution in [0.1, 0.15) is 18.5 Å². The molecule has 0 saturated carbocycles. The van der Waals surface area contributed by atoms with E-state index in [1.165, 1.54) is 0 Å². The minimum absolute atomic E-state index is 0.234. The molecule has 0 aliphatic carbocycles.